The Balaban J connectivity index is 3.17. The van der Waals surface area contributed by atoms with Crippen LogP contribution in [0.3, 0.4) is 0 Å². The molecule has 0 saturated heterocycles. The predicted molar refractivity (Wildman–Crippen MR) is 69.1 cm³/mol. The van der Waals surface area contributed by atoms with Crippen LogP contribution in [0.5, 0.6) is 5.75 Å². The highest BCUT2D eigenvalue weighted by Crippen LogP contribution is 2.22. The summed E-state index contributed by atoms with van der Waals surface area (Å²) in [6.07, 6.45) is 0. The standard InChI is InChI=1S/C12H19NO4S/c1-10(2)13(7-8-14)18(15,16)12-6-4-5-11(9-12)17-3/h4-6,9-10,14H,7-8H2,1-3H3. The first-order valence-electron chi connectivity index (χ1n) is 5.70. The van der Waals surface area contributed by atoms with E-state index in [0.29, 0.717) is 5.75 Å². The van der Waals surface area contributed by atoms with Crippen LogP contribution in [-0.2, 0) is 10.0 Å². The lowest BCUT2D eigenvalue weighted by Crippen LogP contribution is -2.38. The zero-order valence-electron chi connectivity index (χ0n) is 10.8. The Labute approximate surface area is 108 Å². The molecule has 0 bridgehead atoms. The molecule has 0 unspecified atom stereocenters. The van der Waals surface area contributed by atoms with Gasteiger partial charge in [-0.2, -0.15) is 4.31 Å². The van der Waals surface area contributed by atoms with Crippen molar-refractivity contribution in [1.29, 1.82) is 0 Å². The minimum atomic E-state index is -3.60. The van der Waals surface area contributed by atoms with Crippen molar-refractivity contribution < 1.29 is 18.3 Å². The Morgan fingerprint density at radius 3 is 2.56 bits per heavy atom. The zero-order chi connectivity index (χ0) is 13.8. The Hall–Kier alpha value is -1.11. The molecule has 0 spiro atoms. The average Bonchev–Trinajstić information content (AvgIpc) is 2.35. The first-order valence-corrected chi connectivity index (χ1v) is 7.14. The summed E-state index contributed by atoms with van der Waals surface area (Å²) in [7, 11) is -2.12. The van der Waals surface area contributed by atoms with E-state index in [4.69, 9.17) is 9.84 Å². The van der Waals surface area contributed by atoms with E-state index in [0.717, 1.165) is 0 Å². The number of ether oxygens (including phenoxy) is 1. The second-order valence-electron chi connectivity index (χ2n) is 4.11. The highest BCUT2D eigenvalue weighted by atomic mass is 32.2. The SMILES string of the molecule is COc1cccc(S(=O)(=O)N(CCO)C(C)C)c1. The minimum absolute atomic E-state index is 0.0806. The molecule has 1 aromatic rings. The molecule has 0 atom stereocenters. The summed E-state index contributed by atoms with van der Waals surface area (Å²) >= 11 is 0. The van der Waals surface area contributed by atoms with Gasteiger partial charge in [0.1, 0.15) is 5.75 Å². The number of rotatable bonds is 6. The lowest BCUT2D eigenvalue weighted by molar-refractivity contribution is 0.236. The third-order valence-electron chi connectivity index (χ3n) is 2.54. The van der Waals surface area contributed by atoms with Crippen molar-refractivity contribution in [3.63, 3.8) is 0 Å². The van der Waals surface area contributed by atoms with Crippen LogP contribution < -0.4 is 4.74 Å². The van der Waals surface area contributed by atoms with E-state index in [1.165, 1.54) is 23.5 Å². The van der Waals surface area contributed by atoms with Crippen molar-refractivity contribution in [2.75, 3.05) is 20.3 Å². The number of nitrogens with zero attached hydrogens (tertiary/aromatic N) is 1. The lowest BCUT2D eigenvalue weighted by atomic mass is 10.3. The van der Waals surface area contributed by atoms with Gasteiger partial charge >= 0.3 is 0 Å². The highest BCUT2D eigenvalue weighted by molar-refractivity contribution is 7.89. The van der Waals surface area contributed by atoms with E-state index in [-0.39, 0.29) is 24.1 Å². The first-order chi connectivity index (χ1) is 8.43. The molecule has 0 amide bonds. The number of hydrogen-bond donors (Lipinski definition) is 1. The molecule has 18 heavy (non-hydrogen) atoms. The van der Waals surface area contributed by atoms with Crippen LogP contribution in [0.4, 0.5) is 0 Å². The van der Waals surface area contributed by atoms with Gasteiger partial charge in [-0.1, -0.05) is 6.07 Å². The summed E-state index contributed by atoms with van der Waals surface area (Å²) in [6, 6.07) is 6.09. The molecule has 0 heterocycles. The molecular weight excluding hydrogens is 254 g/mol. The van der Waals surface area contributed by atoms with Crippen molar-refractivity contribution in [2.45, 2.75) is 24.8 Å². The molecule has 0 radical (unpaired) electrons. The fraction of sp³-hybridized carbons (Fsp3) is 0.500. The number of aliphatic hydroxyl groups excluding tert-OH is 1. The van der Waals surface area contributed by atoms with Gasteiger partial charge < -0.3 is 9.84 Å². The van der Waals surface area contributed by atoms with Crippen LogP contribution in [0.25, 0.3) is 0 Å². The van der Waals surface area contributed by atoms with Crippen LogP contribution in [0.1, 0.15) is 13.8 Å². The predicted octanol–water partition coefficient (Wildman–Crippen LogP) is 1.09. The fourth-order valence-electron chi connectivity index (χ4n) is 1.65. The number of sulfonamides is 1. The van der Waals surface area contributed by atoms with Crippen LogP contribution in [0, 0.1) is 0 Å². The van der Waals surface area contributed by atoms with E-state index in [1.54, 1.807) is 26.0 Å². The topological polar surface area (TPSA) is 66.8 Å². The molecule has 0 aromatic heterocycles. The van der Waals surface area contributed by atoms with Gasteiger partial charge in [0.05, 0.1) is 18.6 Å². The summed E-state index contributed by atoms with van der Waals surface area (Å²) in [6.45, 7) is 3.42. The van der Waals surface area contributed by atoms with Crippen LogP contribution in [0.15, 0.2) is 29.2 Å². The summed E-state index contributed by atoms with van der Waals surface area (Å²) in [4.78, 5) is 0.170. The quantitative estimate of drug-likeness (QED) is 0.842. The number of methoxy groups -OCH3 is 1. The minimum Gasteiger partial charge on any atom is -0.497 e. The maximum absolute atomic E-state index is 12.4. The first kappa shape index (κ1) is 14.9. The molecular formula is C12H19NO4S. The maximum Gasteiger partial charge on any atom is 0.243 e. The lowest BCUT2D eigenvalue weighted by Gasteiger charge is -2.25. The van der Waals surface area contributed by atoms with Gasteiger partial charge in [-0.3, -0.25) is 0 Å². The molecule has 0 saturated carbocycles. The summed E-state index contributed by atoms with van der Waals surface area (Å²) in [5.41, 5.74) is 0. The highest BCUT2D eigenvalue weighted by Gasteiger charge is 2.26. The normalized spacial score (nSPS) is 12.1. The second kappa shape index (κ2) is 6.17. The molecule has 0 aliphatic carbocycles. The summed E-state index contributed by atoms with van der Waals surface area (Å²) < 4.78 is 31.1. The zero-order valence-corrected chi connectivity index (χ0v) is 11.6. The molecule has 0 aliphatic rings. The number of benzene rings is 1. The smallest absolute Gasteiger partial charge is 0.243 e. The summed E-state index contributed by atoms with van der Waals surface area (Å²) in [5, 5.41) is 8.97. The van der Waals surface area contributed by atoms with E-state index in [9.17, 15) is 8.42 Å². The molecule has 102 valence electrons. The third kappa shape index (κ3) is 3.22. The van der Waals surface area contributed by atoms with E-state index < -0.39 is 10.0 Å². The van der Waals surface area contributed by atoms with Crippen molar-refractivity contribution in [2.24, 2.45) is 0 Å². The van der Waals surface area contributed by atoms with Crippen LogP contribution in [-0.4, -0.2) is 44.1 Å². The summed E-state index contributed by atoms with van der Waals surface area (Å²) in [5.74, 6) is 0.490. The Bertz CT molecular complexity index is 485. The fourth-order valence-corrected chi connectivity index (χ4v) is 3.32. The largest absolute Gasteiger partial charge is 0.497 e. The van der Waals surface area contributed by atoms with Crippen molar-refractivity contribution in [3.8, 4) is 5.75 Å². The monoisotopic (exact) mass is 273 g/mol. The average molecular weight is 273 g/mol. The van der Waals surface area contributed by atoms with E-state index in [1.807, 2.05) is 0 Å². The van der Waals surface area contributed by atoms with Gasteiger partial charge in [-0.25, -0.2) is 8.42 Å². The van der Waals surface area contributed by atoms with Gasteiger partial charge in [-0.05, 0) is 26.0 Å². The number of hydrogen-bond acceptors (Lipinski definition) is 4. The third-order valence-corrected chi connectivity index (χ3v) is 4.62. The van der Waals surface area contributed by atoms with E-state index >= 15 is 0 Å². The van der Waals surface area contributed by atoms with Gasteiger partial charge in [0.2, 0.25) is 10.0 Å². The molecule has 0 aliphatic heterocycles. The van der Waals surface area contributed by atoms with Crippen molar-refractivity contribution >= 4 is 10.0 Å². The molecule has 1 aromatic carbocycles. The second-order valence-corrected chi connectivity index (χ2v) is 6.00. The Kier molecular flexibility index (Phi) is 5.13. The molecule has 5 nitrogen and oxygen atoms in total. The maximum atomic E-state index is 12.4. The van der Waals surface area contributed by atoms with Gasteiger partial charge in [-0.15, -0.1) is 0 Å². The van der Waals surface area contributed by atoms with Crippen LogP contribution >= 0.6 is 0 Å². The van der Waals surface area contributed by atoms with Gasteiger partial charge in [0, 0.05) is 18.7 Å². The van der Waals surface area contributed by atoms with Gasteiger partial charge in [0.15, 0.2) is 0 Å². The van der Waals surface area contributed by atoms with Gasteiger partial charge in [0.25, 0.3) is 0 Å². The Morgan fingerprint density at radius 2 is 2.06 bits per heavy atom. The van der Waals surface area contributed by atoms with Crippen LogP contribution in [0.2, 0.25) is 0 Å². The molecule has 1 rings (SSSR count). The Morgan fingerprint density at radius 1 is 1.39 bits per heavy atom. The molecule has 6 heteroatoms. The van der Waals surface area contributed by atoms with Crippen molar-refractivity contribution in [3.05, 3.63) is 24.3 Å². The molecule has 1 N–H and O–H groups in total. The van der Waals surface area contributed by atoms with E-state index in [2.05, 4.69) is 0 Å². The van der Waals surface area contributed by atoms with Crippen molar-refractivity contribution in [1.82, 2.24) is 4.31 Å². The number of aliphatic hydroxyl groups is 1. The molecule has 0 fully saturated rings.